The summed E-state index contributed by atoms with van der Waals surface area (Å²) in [4.78, 5) is 11.9. The first-order valence-corrected chi connectivity index (χ1v) is 6.33. The summed E-state index contributed by atoms with van der Waals surface area (Å²) in [5, 5.41) is 12.6. The van der Waals surface area contributed by atoms with Crippen LogP contribution in [0, 0.1) is 0 Å². The molecular formula is C16H17NO2. The van der Waals surface area contributed by atoms with E-state index in [9.17, 15) is 9.90 Å². The lowest BCUT2D eigenvalue weighted by Gasteiger charge is -2.11. The number of amides is 1. The zero-order valence-corrected chi connectivity index (χ0v) is 10.8. The number of rotatable bonds is 4. The number of aryl methyl sites for hydroxylation is 1. The molecule has 1 unspecified atom stereocenters. The predicted octanol–water partition coefficient (Wildman–Crippen LogP) is 2.92. The van der Waals surface area contributed by atoms with Crippen LogP contribution in [-0.2, 0) is 11.2 Å². The van der Waals surface area contributed by atoms with Crippen molar-refractivity contribution in [1.29, 1.82) is 0 Å². The minimum atomic E-state index is -1.15. The Morgan fingerprint density at radius 2 is 1.74 bits per heavy atom. The Hall–Kier alpha value is -2.13. The zero-order valence-electron chi connectivity index (χ0n) is 10.8. The lowest BCUT2D eigenvalue weighted by molar-refractivity contribution is -0.124. The maximum atomic E-state index is 11.9. The fourth-order valence-electron chi connectivity index (χ4n) is 1.82. The number of hydrogen-bond acceptors (Lipinski definition) is 2. The molecule has 2 aromatic rings. The van der Waals surface area contributed by atoms with Crippen molar-refractivity contribution in [1.82, 2.24) is 0 Å². The first-order chi connectivity index (χ1) is 9.20. The molecule has 1 amide bonds. The quantitative estimate of drug-likeness (QED) is 0.882. The van der Waals surface area contributed by atoms with Crippen LogP contribution in [0.2, 0.25) is 0 Å². The smallest absolute Gasteiger partial charge is 0.257 e. The van der Waals surface area contributed by atoms with E-state index < -0.39 is 12.0 Å². The van der Waals surface area contributed by atoms with E-state index >= 15 is 0 Å². The van der Waals surface area contributed by atoms with Crippen LogP contribution in [0.3, 0.4) is 0 Å². The van der Waals surface area contributed by atoms with Crippen LogP contribution in [-0.4, -0.2) is 11.0 Å². The van der Waals surface area contributed by atoms with Crippen LogP contribution >= 0.6 is 0 Å². The minimum absolute atomic E-state index is 0.421. The number of carbonyl (C=O) groups excluding carboxylic acids is 1. The second kappa shape index (κ2) is 6.16. The molecule has 0 radical (unpaired) electrons. The molecule has 19 heavy (non-hydrogen) atoms. The van der Waals surface area contributed by atoms with E-state index in [1.54, 1.807) is 24.3 Å². The Balaban J connectivity index is 2.04. The van der Waals surface area contributed by atoms with Crippen LogP contribution in [0.5, 0.6) is 0 Å². The van der Waals surface area contributed by atoms with Gasteiger partial charge in [-0.05, 0) is 29.7 Å². The molecule has 0 aliphatic rings. The number of aliphatic hydroxyl groups is 1. The second-order valence-corrected chi connectivity index (χ2v) is 4.35. The number of benzene rings is 2. The third kappa shape index (κ3) is 3.42. The number of aliphatic hydroxyl groups excluding tert-OH is 1. The predicted molar refractivity (Wildman–Crippen MR) is 75.9 cm³/mol. The first kappa shape index (κ1) is 13.3. The summed E-state index contributed by atoms with van der Waals surface area (Å²) in [6, 6.07) is 16.5. The average molecular weight is 255 g/mol. The Kier molecular flexibility index (Phi) is 4.31. The van der Waals surface area contributed by atoms with Gasteiger partial charge in [-0.2, -0.15) is 0 Å². The second-order valence-electron chi connectivity index (χ2n) is 4.35. The molecule has 1 atom stereocenters. The first-order valence-electron chi connectivity index (χ1n) is 6.33. The fourth-order valence-corrected chi connectivity index (χ4v) is 1.82. The van der Waals surface area contributed by atoms with Gasteiger partial charge in [0.25, 0.3) is 5.91 Å². The Bertz CT molecular complexity index is 534. The maximum Gasteiger partial charge on any atom is 0.257 e. The highest BCUT2D eigenvalue weighted by Crippen LogP contribution is 2.16. The lowest BCUT2D eigenvalue weighted by Crippen LogP contribution is -2.20. The van der Waals surface area contributed by atoms with Gasteiger partial charge in [-0.3, -0.25) is 4.79 Å². The molecule has 0 saturated heterocycles. The van der Waals surface area contributed by atoms with Crippen molar-refractivity contribution in [3.8, 4) is 0 Å². The van der Waals surface area contributed by atoms with Crippen molar-refractivity contribution >= 4 is 11.6 Å². The normalized spacial score (nSPS) is 11.9. The van der Waals surface area contributed by atoms with E-state index in [2.05, 4.69) is 12.2 Å². The van der Waals surface area contributed by atoms with E-state index in [0.717, 1.165) is 6.42 Å². The molecule has 2 rings (SSSR count). The van der Waals surface area contributed by atoms with Gasteiger partial charge in [-0.15, -0.1) is 0 Å². The highest BCUT2D eigenvalue weighted by molar-refractivity contribution is 5.94. The van der Waals surface area contributed by atoms with Crippen molar-refractivity contribution in [2.24, 2.45) is 0 Å². The topological polar surface area (TPSA) is 49.3 Å². The molecule has 0 saturated carbocycles. The Morgan fingerprint density at radius 3 is 2.32 bits per heavy atom. The van der Waals surface area contributed by atoms with Crippen LogP contribution < -0.4 is 5.32 Å². The van der Waals surface area contributed by atoms with E-state index in [0.29, 0.717) is 11.3 Å². The van der Waals surface area contributed by atoms with Gasteiger partial charge >= 0.3 is 0 Å². The minimum Gasteiger partial charge on any atom is -0.378 e. The van der Waals surface area contributed by atoms with Gasteiger partial charge in [-0.25, -0.2) is 0 Å². The van der Waals surface area contributed by atoms with Crippen LogP contribution in [0.15, 0.2) is 54.6 Å². The molecule has 2 aromatic carbocycles. The van der Waals surface area contributed by atoms with Gasteiger partial charge in [0.1, 0.15) is 0 Å². The van der Waals surface area contributed by atoms with Crippen LogP contribution in [0.4, 0.5) is 5.69 Å². The highest BCUT2D eigenvalue weighted by Gasteiger charge is 2.16. The van der Waals surface area contributed by atoms with Gasteiger partial charge in [0.15, 0.2) is 6.10 Å². The third-order valence-corrected chi connectivity index (χ3v) is 2.99. The molecule has 0 spiro atoms. The number of hydrogen-bond donors (Lipinski definition) is 2. The van der Waals surface area contributed by atoms with E-state index in [1.165, 1.54) is 5.56 Å². The number of carbonyl (C=O) groups is 1. The van der Waals surface area contributed by atoms with Gasteiger partial charge in [0.05, 0.1) is 0 Å². The average Bonchev–Trinajstić information content (AvgIpc) is 2.48. The van der Waals surface area contributed by atoms with Crippen molar-refractivity contribution in [2.45, 2.75) is 19.4 Å². The molecule has 0 bridgehead atoms. The lowest BCUT2D eigenvalue weighted by atomic mass is 10.1. The molecule has 0 aliphatic heterocycles. The van der Waals surface area contributed by atoms with Crippen LogP contribution in [0.1, 0.15) is 24.2 Å². The van der Waals surface area contributed by atoms with Crippen molar-refractivity contribution < 1.29 is 9.90 Å². The molecular weight excluding hydrogens is 238 g/mol. The van der Waals surface area contributed by atoms with Crippen molar-refractivity contribution in [3.63, 3.8) is 0 Å². The van der Waals surface area contributed by atoms with Gasteiger partial charge in [0.2, 0.25) is 0 Å². The molecule has 2 N–H and O–H groups in total. The largest absolute Gasteiger partial charge is 0.378 e. The number of nitrogens with one attached hydrogen (secondary N) is 1. The molecule has 3 nitrogen and oxygen atoms in total. The monoisotopic (exact) mass is 255 g/mol. The van der Waals surface area contributed by atoms with Crippen LogP contribution in [0.25, 0.3) is 0 Å². The fraction of sp³-hybridized carbons (Fsp3) is 0.188. The number of anilines is 1. The summed E-state index contributed by atoms with van der Waals surface area (Å²) >= 11 is 0. The summed E-state index contributed by atoms with van der Waals surface area (Å²) in [6.07, 6.45) is -0.187. The molecule has 98 valence electrons. The van der Waals surface area contributed by atoms with Crippen molar-refractivity contribution in [3.05, 3.63) is 65.7 Å². The van der Waals surface area contributed by atoms with E-state index in [-0.39, 0.29) is 0 Å². The SMILES string of the molecule is CCc1ccc(NC(=O)C(O)c2ccccc2)cc1. The summed E-state index contributed by atoms with van der Waals surface area (Å²) in [5.74, 6) is -0.421. The molecule has 0 heterocycles. The van der Waals surface area contributed by atoms with Gasteiger partial charge in [-0.1, -0.05) is 49.4 Å². The summed E-state index contributed by atoms with van der Waals surface area (Å²) < 4.78 is 0. The third-order valence-electron chi connectivity index (χ3n) is 2.99. The standard InChI is InChI=1S/C16H17NO2/c1-2-12-8-10-14(11-9-12)17-16(19)15(18)13-6-4-3-5-7-13/h3-11,15,18H,2H2,1H3,(H,17,19). The highest BCUT2D eigenvalue weighted by atomic mass is 16.3. The van der Waals surface area contributed by atoms with E-state index in [1.807, 2.05) is 30.3 Å². The zero-order chi connectivity index (χ0) is 13.7. The Morgan fingerprint density at radius 1 is 1.11 bits per heavy atom. The Labute approximate surface area is 112 Å². The van der Waals surface area contributed by atoms with Gasteiger partial charge in [0, 0.05) is 5.69 Å². The van der Waals surface area contributed by atoms with Crippen molar-refractivity contribution in [2.75, 3.05) is 5.32 Å². The summed E-state index contributed by atoms with van der Waals surface area (Å²) in [5.41, 5.74) is 2.49. The molecule has 0 fully saturated rings. The van der Waals surface area contributed by atoms with E-state index in [4.69, 9.17) is 0 Å². The molecule has 0 aromatic heterocycles. The summed E-state index contributed by atoms with van der Waals surface area (Å²) in [6.45, 7) is 2.08. The molecule has 3 heteroatoms. The van der Waals surface area contributed by atoms with Gasteiger partial charge < -0.3 is 10.4 Å². The molecule has 0 aliphatic carbocycles. The maximum absolute atomic E-state index is 11.9. The summed E-state index contributed by atoms with van der Waals surface area (Å²) in [7, 11) is 0.